The molecule has 3 aromatic carbocycles. The molecule has 1 fully saturated rings. The molecule has 2 N–H and O–H groups in total. The van der Waals surface area contributed by atoms with Crippen molar-refractivity contribution in [2.75, 3.05) is 43.4 Å². The van der Waals surface area contributed by atoms with Crippen LogP contribution >= 0.6 is 0 Å². The second kappa shape index (κ2) is 9.56. The maximum Gasteiger partial charge on any atom is 0.260 e. The Kier molecular flexibility index (Phi) is 6.16. The van der Waals surface area contributed by atoms with Crippen LogP contribution in [0.1, 0.15) is 26.3 Å². The Balaban J connectivity index is 1.40. The standard InChI is InChI=1S/C28H26N4O3/c1-31-12-14-32(15-13-31)23-9-7-22(8-10-23)29-17-26-25-16-21(20-4-2-19(18-33)3-5-20)6-11-24(25)27(34)30-28(26)35/h2-11,16-18,29H,12-15H2,1H3,(H,30,34,35). The molecule has 2 aliphatic rings. The molecule has 0 aromatic heterocycles. The van der Waals surface area contributed by atoms with Crippen molar-refractivity contribution in [2.45, 2.75) is 0 Å². The summed E-state index contributed by atoms with van der Waals surface area (Å²) in [7, 11) is 2.14. The zero-order valence-corrected chi connectivity index (χ0v) is 19.5. The van der Waals surface area contributed by atoms with E-state index in [9.17, 15) is 14.4 Å². The molecule has 2 amide bonds. The molecule has 1 saturated heterocycles. The molecule has 0 unspecified atom stereocenters. The smallest absolute Gasteiger partial charge is 0.260 e. The largest absolute Gasteiger partial charge is 0.369 e. The third-order valence-electron chi connectivity index (χ3n) is 6.53. The maximum atomic E-state index is 12.7. The average Bonchev–Trinajstić information content (AvgIpc) is 2.89. The Labute approximate surface area is 204 Å². The van der Waals surface area contributed by atoms with Crippen molar-refractivity contribution in [1.82, 2.24) is 10.2 Å². The van der Waals surface area contributed by atoms with E-state index in [1.165, 1.54) is 5.69 Å². The van der Waals surface area contributed by atoms with Gasteiger partial charge in [0.15, 0.2) is 0 Å². The van der Waals surface area contributed by atoms with Crippen LogP contribution in [0, 0.1) is 0 Å². The Morgan fingerprint density at radius 3 is 2.17 bits per heavy atom. The van der Waals surface area contributed by atoms with Crippen molar-refractivity contribution < 1.29 is 14.4 Å². The lowest BCUT2D eigenvalue weighted by Gasteiger charge is -2.34. The molecule has 0 bridgehead atoms. The highest BCUT2D eigenvalue weighted by molar-refractivity contribution is 6.31. The van der Waals surface area contributed by atoms with Gasteiger partial charge in [-0.15, -0.1) is 0 Å². The van der Waals surface area contributed by atoms with Gasteiger partial charge in [0, 0.05) is 60.4 Å². The summed E-state index contributed by atoms with van der Waals surface area (Å²) < 4.78 is 0. The minimum Gasteiger partial charge on any atom is -0.369 e. The van der Waals surface area contributed by atoms with Gasteiger partial charge in [-0.25, -0.2) is 0 Å². The van der Waals surface area contributed by atoms with Gasteiger partial charge in [0.05, 0.1) is 5.57 Å². The summed E-state index contributed by atoms with van der Waals surface area (Å²) in [5.41, 5.74) is 5.75. The summed E-state index contributed by atoms with van der Waals surface area (Å²) in [6.07, 6.45) is 2.44. The van der Waals surface area contributed by atoms with E-state index in [1.807, 2.05) is 36.4 Å². The van der Waals surface area contributed by atoms with E-state index >= 15 is 0 Å². The fourth-order valence-corrected chi connectivity index (χ4v) is 4.39. The summed E-state index contributed by atoms with van der Waals surface area (Å²) in [6.45, 7) is 4.09. The predicted molar refractivity (Wildman–Crippen MR) is 137 cm³/mol. The van der Waals surface area contributed by atoms with Crippen molar-refractivity contribution in [3.8, 4) is 11.1 Å². The zero-order chi connectivity index (χ0) is 24.4. The molecular weight excluding hydrogens is 440 g/mol. The molecule has 0 saturated carbocycles. The van der Waals surface area contributed by atoms with Gasteiger partial charge in [-0.05, 0) is 54.6 Å². The number of hydrogen-bond acceptors (Lipinski definition) is 6. The number of anilines is 2. The van der Waals surface area contributed by atoms with E-state index in [-0.39, 0.29) is 0 Å². The number of fused-ring (bicyclic) bond motifs is 1. The van der Waals surface area contributed by atoms with Gasteiger partial charge >= 0.3 is 0 Å². The Bertz CT molecular complexity index is 1310. The van der Waals surface area contributed by atoms with Crippen molar-refractivity contribution in [2.24, 2.45) is 0 Å². The van der Waals surface area contributed by atoms with Crippen LogP contribution in [0.2, 0.25) is 0 Å². The van der Waals surface area contributed by atoms with Gasteiger partial charge in [0.2, 0.25) is 0 Å². The normalized spacial score (nSPS) is 17.2. The van der Waals surface area contributed by atoms with E-state index in [1.54, 1.807) is 24.4 Å². The van der Waals surface area contributed by atoms with Gasteiger partial charge in [-0.2, -0.15) is 0 Å². The first-order valence-corrected chi connectivity index (χ1v) is 11.6. The van der Waals surface area contributed by atoms with E-state index in [4.69, 9.17) is 0 Å². The number of benzene rings is 3. The number of likely N-dealkylation sites (N-methyl/N-ethyl adjacent to an activating group) is 1. The van der Waals surface area contributed by atoms with Gasteiger partial charge < -0.3 is 15.1 Å². The highest BCUT2D eigenvalue weighted by atomic mass is 16.2. The first-order valence-electron chi connectivity index (χ1n) is 11.6. The molecule has 2 aliphatic heterocycles. The quantitative estimate of drug-likeness (QED) is 0.340. The number of imide groups is 1. The third-order valence-corrected chi connectivity index (χ3v) is 6.53. The highest BCUT2D eigenvalue weighted by Gasteiger charge is 2.27. The number of nitrogens with zero attached hydrogens (tertiary/aromatic N) is 2. The van der Waals surface area contributed by atoms with Crippen molar-refractivity contribution in [3.63, 3.8) is 0 Å². The molecular formula is C28H26N4O3. The molecule has 0 spiro atoms. The first kappa shape index (κ1) is 22.6. The topological polar surface area (TPSA) is 81.8 Å². The van der Waals surface area contributed by atoms with Crippen LogP contribution in [0.3, 0.4) is 0 Å². The Morgan fingerprint density at radius 1 is 0.800 bits per heavy atom. The molecule has 7 nitrogen and oxygen atoms in total. The number of amides is 2. The maximum absolute atomic E-state index is 12.7. The van der Waals surface area contributed by atoms with Crippen molar-refractivity contribution >= 4 is 35.0 Å². The third kappa shape index (κ3) is 4.72. The van der Waals surface area contributed by atoms with Crippen molar-refractivity contribution in [1.29, 1.82) is 0 Å². The lowest BCUT2D eigenvalue weighted by molar-refractivity contribution is -0.114. The zero-order valence-electron chi connectivity index (χ0n) is 19.5. The Hall–Kier alpha value is -4.23. The lowest BCUT2D eigenvalue weighted by atomic mass is 9.91. The van der Waals surface area contributed by atoms with Crippen LogP contribution in [0.4, 0.5) is 11.4 Å². The number of carbonyl (C=O) groups excluding carboxylic acids is 3. The summed E-state index contributed by atoms with van der Waals surface area (Å²) in [6, 6.07) is 20.7. The molecule has 0 radical (unpaired) electrons. The summed E-state index contributed by atoms with van der Waals surface area (Å²) >= 11 is 0. The molecule has 2 heterocycles. The fraction of sp³-hybridized carbons (Fsp3) is 0.179. The first-order chi connectivity index (χ1) is 17.0. The molecule has 0 atom stereocenters. The minimum atomic E-state index is -0.447. The van der Waals surface area contributed by atoms with E-state index < -0.39 is 11.8 Å². The molecule has 5 rings (SSSR count). The van der Waals surface area contributed by atoms with E-state index in [0.717, 1.165) is 49.3 Å². The van der Waals surface area contributed by atoms with Gasteiger partial charge in [0.25, 0.3) is 11.8 Å². The highest BCUT2D eigenvalue weighted by Crippen LogP contribution is 2.30. The SMILES string of the molecule is CN1CCN(c2ccc(NC=C3C(=O)NC(=O)c4ccc(-c5ccc(C=O)cc5)cc43)cc2)CC1. The fourth-order valence-electron chi connectivity index (χ4n) is 4.39. The summed E-state index contributed by atoms with van der Waals surface area (Å²) in [5.74, 6) is -0.862. The van der Waals surface area contributed by atoms with E-state index in [2.05, 4.69) is 39.6 Å². The number of piperazine rings is 1. The van der Waals surface area contributed by atoms with Gasteiger partial charge in [-0.3, -0.25) is 19.7 Å². The van der Waals surface area contributed by atoms with Crippen LogP contribution in [-0.4, -0.2) is 56.2 Å². The molecule has 176 valence electrons. The monoisotopic (exact) mass is 466 g/mol. The van der Waals surface area contributed by atoms with Crippen LogP contribution in [-0.2, 0) is 4.79 Å². The minimum absolute atomic E-state index is 0.383. The van der Waals surface area contributed by atoms with Crippen LogP contribution < -0.4 is 15.5 Å². The van der Waals surface area contributed by atoms with Crippen LogP contribution in [0.25, 0.3) is 16.7 Å². The van der Waals surface area contributed by atoms with Crippen LogP contribution in [0.15, 0.2) is 72.9 Å². The number of hydrogen-bond donors (Lipinski definition) is 2. The number of carbonyl (C=O) groups is 3. The van der Waals surface area contributed by atoms with E-state index in [0.29, 0.717) is 22.3 Å². The number of aldehydes is 1. The van der Waals surface area contributed by atoms with Gasteiger partial charge in [-0.1, -0.05) is 30.3 Å². The Morgan fingerprint density at radius 2 is 1.49 bits per heavy atom. The van der Waals surface area contributed by atoms with Crippen LogP contribution in [0.5, 0.6) is 0 Å². The average molecular weight is 467 g/mol. The predicted octanol–water partition coefficient (Wildman–Crippen LogP) is 3.64. The summed E-state index contributed by atoms with van der Waals surface area (Å²) in [5, 5.41) is 5.63. The molecule has 35 heavy (non-hydrogen) atoms. The van der Waals surface area contributed by atoms with Gasteiger partial charge in [0.1, 0.15) is 6.29 Å². The molecule has 3 aromatic rings. The molecule has 7 heteroatoms. The lowest BCUT2D eigenvalue weighted by Crippen LogP contribution is -2.44. The second-order valence-electron chi connectivity index (χ2n) is 8.82. The molecule has 0 aliphatic carbocycles. The summed E-state index contributed by atoms with van der Waals surface area (Å²) in [4.78, 5) is 40.8. The number of nitrogens with one attached hydrogen (secondary N) is 2. The van der Waals surface area contributed by atoms with Crippen molar-refractivity contribution in [3.05, 3.63) is 89.6 Å². The number of rotatable bonds is 5. The second-order valence-corrected chi connectivity index (χ2v) is 8.82.